The van der Waals surface area contributed by atoms with Crippen LogP contribution in [-0.4, -0.2) is 29.5 Å². The molecule has 2 N–H and O–H groups in total. The molecule has 1 aromatic carbocycles. The minimum absolute atomic E-state index is 0.304. The van der Waals surface area contributed by atoms with Gasteiger partial charge in [-0.3, -0.25) is 9.09 Å². The van der Waals surface area contributed by atoms with E-state index in [1.54, 1.807) is 6.08 Å². The van der Waals surface area contributed by atoms with Gasteiger partial charge in [0.05, 0.1) is 6.10 Å². The van der Waals surface area contributed by atoms with Gasteiger partial charge in [-0.05, 0) is 12.0 Å². The summed E-state index contributed by atoms with van der Waals surface area (Å²) in [7, 11) is -3.47. The standard InChI is InChI=1S/C14H21Cl2N2O2P/c1-2-6-14(13-7-4-3-5-8-13)20-21(17,19)18(11-9-15)12-10-16/h2-5,7-8,14H,1,6,9-12H2,(H2,17,19). The lowest BCUT2D eigenvalue weighted by Gasteiger charge is -2.30. The van der Waals surface area contributed by atoms with E-state index in [1.165, 1.54) is 4.67 Å². The molecule has 0 bridgehead atoms. The van der Waals surface area contributed by atoms with Gasteiger partial charge in [-0.2, -0.15) is 0 Å². The molecule has 1 rings (SSSR count). The molecule has 0 saturated heterocycles. The Balaban J connectivity index is 2.90. The highest BCUT2D eigenvalue weighted by atomic mass is 35.5. The zero-order chi connectivity index (χ0) is 15.7. The Bertz CT molecular complexity index is 467. The molecule has 0 aliphatic heterocycles. The first-order valence-electron chi connectivity index (χ1n) is 6.65. The minimum atomic E-state index is -3.47. The van der Waals surface area contributed by atoms with Crippen molar-refractivity contribution in [3.8, 4) is 0 Å². The number of hydrogen-bond donors (Lipinski definition) is 1. The molecule has 118 valence electrons. The molecular weight excluding hydrogens is 330 g/mol. The first kappa shape index (κ1) is 18.7. The van der Waals surface area contributed by atoms with Crippen molar-refractivity contribution in [3.05, 3.63) is 48.6 Å². The SMILES string of the molecule is C=CCC(OP(N)(=O)N(CCCl)CCCl)c1ccccc1. The molecule has 0 radical (unpaired) electrons. The molecule has 0 spiro atoms. The predicted octanol–water partition coefficient (Wildman–Crippen LogP) is 4.17. The molecule has 0 fully saturated rings. The molecule has 0 heterocycles. The molecule has 7 heteroatoms. The maximum atomic E-state index is 12.7. The topological polar surface area (TPSA) is 55.6 Å². The summed E-state index contributed by atoms with van der Waals surface area (Å²) in [4.78, 5) is 0. The fourth-order valence-electron chi connectivity index (χ4n) is 1.89. The van der Waals surface area contributed by atoms with Gasteiger partial charge in [0, 0.05) is 24.8 Å². The van der Waals surface area contributed by atoms with Crippen molar-refractivity contribution in [1.29, 1.82) is 0 Å². The van der Waals surface area contributed by atoms with Crippen molar-refractivity contribution in [2.75, 3.05) is 24.8 Å². The highest BCUT2D eigenvalue weighted by Crippen LogP contribution is 2.47. The van der Waals surface area contributed by atoms with Gasteiger partial charge in [0.25, 0.3) is 0 Å². The first-order chi connectivity index (χ1) is 10.0. The zero-order valence-corrected chi connectivity index (χ0v) is 14.2. The number of nitrogens with two attached hydrogens (primary N) is 1. The molecular formula is C14H21Cl2N2O2P. The second kappa shape index (κ2) is 9.62. The third-order valence-corrected chi connectivity index (χ3v) is 4.99. The zero-order valence-electron chi connectivity index (χ0n) is 11.8. The second-order valence-electron chi connectivity index (χ2n) is 4.42. The van der Waals surface area contributed by atoms with Crippen LogP contribution in [0.2, 0.25) is 0 Å². The average molecular weight is 351 g/mol. The van der Waals surface area contributed by atoms with E-state index in [1.807, 2.05) is 30.3 Å². The lowest BCUT2D eigenvalue weighted by atomic mass is 10.1. The summed E-state index contributed by atoms with van der Waals surface area (Å²) in [6.07, 6.45) is 1.82. The van der Waals surface area contributed by atoms with Crippen molar-refractivity contribution < 1.29 is 9.09 Å². The van der Waals surface area contributed by atoms with E-state index >= 15 is 0 Å². The van der Waals surface area contributed by atoms with Crippen LogP contribution in [0.3, 0.4) is 0 Å². The number of nitrogens with zero attached hydrogens (tertiary/aromatic N) is 1. The molecule has 0 aromatic heterocycles. The van der Waals surface area contributed by atoms with Crippen molar-refractivity contribution in [1.82, 2.24) is 4.67 Å². The third-order valence-electron chi connectivity index (χ3n) is 2.91. The van der Waals surface area contributed by atoms with E-state index in [0.29, 0.717) is 31.3 Å². The molecule has 0 aliphatic carbocycles. The van der Waals surface area contributed by atoms with Gasteiger partial charge in [0.15, 0.2) is 0 Å². The summed E-state index contributed by atoms with van der Waals surface area (Å²) in [5.41, 5.74) is 6.81. The summed E-state index contributed by atoms with van der Waals surface area (Å²) in [5, 5.41) is 0. The summed E-state index contributed by atoms with van der Waals surface area (Å²) >= 11 is 11.4. The van der Waals surface area contributed by atoms with Crippen LogP contribution >= 0.6 is 30.9 Å². The highest BCUT2D eigenvalue weighted by molar-refractivity contribution is 7.53. The second-order valence-corrected chi connectivity index (χ2v) is 7.09. The minimum Gasteiger partial charge on any atom is -0.298 e. The molecule has 1 aromatic rings. The van der Waals surface area contributed by atoms with Crippen molar-refractivity contribution in [2.45, 2.75) is 12.5 Å². The van der Waals surface area contributed by atoms with Crippen LogP contribution in [0.25, 0.3) is 0 Å². The van der Waals surface area contributed by atoms with Gasteiger partial charge < -0.3 is 0 Å². The summed E-state index contributed by atoms with van der Waals surface area (Å²) < 4.78 is 19.9. The summed E-state index contributed by atoms with van der Waals surface area (Å²) in [6, 6.07) is 9.50. The van der Waals surface area contributed by atoms with E-state index in [-0.39, 0.29) is 0 Å². The normalized spacial score (nSPS) is 15.6. The summed E-state index contributed by atoms with van der Waals surface area (Å²) in [5.74, 6) is 0.609. The molecule has 0 saturated carbocycles. The van der Waals surface area contributed by atoms with Gasteiger partial charge in [0.2, 0.25) is 0 Å². The van der Waals surface area contributed by atoms with Gasteiger partial charge in [-0.25, -0.2) is 10.2 Å². The third kappa shape index (κ3) is 6.11. The number of rotatable bonds is 10. The Labute approximate surface area is 136 Å². The van der Waals surface area contributed by atoms with Gasteiger partial charge >= 0.3 is 7.67 Å². The Kier molecular flexibility index (Phi) is 8.57. The highest BCUT2D eigenvalue weighted by Gasteiger charge is 2.30. The van der Waals surface area contributed by atoms with Crippen LogP contribution in [0.1, 0.15) is 18.1 Å². The predicted molar refractivity (Wildman–Crippen MR) is 89.9 cm³/mol. The van der Waals surface area contributed by atoms with Crippen LogP contribution in [0.5, 0.6) is 0 Å². The lowest BCUT2D eigenvalue weighted by Crippen LogP contribution is -2.30. The fourth-order valence-corrected chi connectivity index (χ4v) is 4.00. The smallest absolute Gasteiger partial charge is 0.298 e. The van der Waals surface area contributed by atoms with Crippen LogP contribution in [0, 0.1) is 0 Å². The maximum absolute atomic E-state index is 12.7. The maximum Gasteiger partial charge on any atom is 0.341 e. The Morgan fingerprint density at radius 3 is 2.33 bits per heavy atom. The average Bonchev–Trinajstić information content (AvgIpc) is 2.47. The molecule has 0 amide bonds. The van der Waals surface area contributed by atoms with Crippen LogP contribution < -0.4 is 5.50 Å². The van der Waals surface area contributed by atoms with E-state index in [0.717, 1.165) is 5.56 Å². The number of benzene rings is 1. The monoisotopic (exact) mass is 350 g/mol. The largest absolute Gasteiger partial charge is 0.341 e. The van der Waals surface area contributed by atoms with Crippen LogP contribution in [0.4, 0.5) is 0 Å². The molecule has 2 unspecified atom stereocenters. The van der Waals surface area contributed by atoms with Crippen molar-refractivity contribution >= 4 is 30.9 Å². The van der Waals surface area contributed by atoms with E-state index in [2.05, 4.69) is 6.58 Å². The van der Waals surface area contributed by atoms with Crippen molar-refractivity contribution in [2.24, 2.45) is 5.50 Å². The Morgan fingerprint density at radius 2 is 1.86 bits per heavy atom. The Morgan fingerprint density at radius 1 is 1.29 bits per heavy atom. The molecule has 0 aliphatic rings. The molecule has 4 nitrogen and oxygen atoms in total. The van der Waals surface area contributed by atoms with Gasteiger partial charge in [-0.15, -0.1) is 29.8 Å². The quantitative estimate of drug-likeness (QED) is 0.391. The number of hydrogen-bond acceptors (Lipinski definition) is 2. The van der Waals surface area contributed by atoms with Gasteiger partial charge in [-0.1, -0.05) is 36.4 Å². The van der Waals surface area contributed by atoms with Gasteiger partial charge in [0.1, 0.15) is 0 Å². The van der Waals surface area contributed by atoms with Crippen molar-refractivity contribution in [3.63, 3.8) is 0 Å². The number of alkyl halides is 2. The summed E-state index contributed by atoms with van der Waals surface area (Å²) in [6.45, 7) is 4.42. The first-order valence-corrected chi connectivity index (χ1v) is 9.37. The van der Waals surface area contributed by atoms with E-state index < -0.39 is 13.8 Å². The van der Waals surface area contributed by atoms with E-state index in [4.69, 9.17) is 33.2 Å². The van der Waals surface area contributed by atoms with E-state index in [9.17, 15) is 4.57 Å². The van der Waals surface area contributed by atoms with Crippen LogP contribution in [0.15, 0.2) is 43.0 Å². The molecule has 21 heavy (non-hydrogen) atoms. The molecule has 2 atom stereocenters. The van der Waals surface area contributed by atoms with Crippen LogP contribution in [-0.2, 0) is 9.09 Å². The fraction of sp³-hybridized carbons (Fsp3) is 0.429. The Hall–Kier alpha value is -0.350. The number of halogens is 2. The lowest BCUT2D eigenvalue weighted by molar-refractivity contribution is 0.184.